The maximum Gasteiger partial charge on any atom is 0.326 e. The molecule has 1 aliphatic carbocycles. The van der Waals surface area contributed by atoms with Crippen molar-refractivity contribution in [1.82, 2.24) is 15.1 Å². The highest BCUT2D eigenvalue weighted by atomic mass is 19.1. The molecule has 1 spiro atoms. The molecule has 0 unspecified atom stereocenters. The summed E-state index contributed by atoms with van der Waals surface area (Å²) in [6, 6.07) is 6.11. The van der Waals surface area contributed by atoms with Crippen LogP contribution in [0.1, 0.15) is 45.1 Å². The topological polar surface area (TPSA) is 52.6 Å². The quantitative estimate of drug-likeness (QED) is 0.833. The summed E-state index contributed by atoms with van der Waals surface area (Å²) in [5.74, 6) is -0.234. The predicted molar refractivity (Wildman–Crippen MR) is 93.1 cm³/mol. The van der Waals surface area contributed by atoms with Crippen molar-refractivity contribution in [2.24, 2.45) is 5.92 Å². The van der Waals surface area contributed by atoms with Crippen molar-refractivity contribution in [1.29, 1.82) is 0 Å². The molecule has 1 aromatic carbocycles. The average molecular weight is 347 g/mol. The first-order valence-corrected chi connectivity index (χ1v) is 9.07. The van der Waals surface area contributed by atoms with Crippen LogP contribution in [-0.2, 0) is 11.3 Å². The Hall–Kier alpha value is -1.95. The molecule has 1 heterocycles. The average Bonchev–Trinajstić information content (AvgIpc) is 2.82. The molecule has 1 N–H and O–H groups in total. The van der Waals surface area contributed by atoms with Crippen LogP contribution >= 0.6 is 0 Å². The Morgan fingerprint density at radius 1 is 1.36 bits per heavy atom. The van der Waals surface area contributed by atoms with E-state index in [1.54, 1.807) is 6.07 Å². The summed E-state index contributed by atoms with van der Waals surface area (Å²) in [7, 11) is 0. The number of carbonyl (C=O) groups is 2. The van der Waals surface area contributed by atoms with Gasteiger partial charge in [0, 0.05) is 6.54 Å². The number of hydrogen-bond donors (Lipinski definition) is 1. The Balaban J connectivity index is 1.72. The SMILES string of the molecule is CCN(Cc1cccc(F)c1)CN1C(=O)N[C@]2(CCCC[C@H]2C)C1=O. The predicted octanol–water partition coefficient (Wildman–Crippen LogP) is 3.11. The molecule has 0 radical (unpaired) electrons. The van der Waals surface area contributed by atoms with E-state index in [2.05, 4.69) is 5.32 Å². The minimum atomic E-state index is -0.729. The largest absolute Gasteiger partial charge is 0.326 e. The van der Waals surface area contributed by atoms with Gasteiger partial charge in [0.25, 0.3) is 5.91 Å². The van der Waals surface area contributed by atoms with Crippen LogP contribution < -0.4 is 5.32 Å². The van der Waals surface area contributed by atoms with E-state index in [4.69, 9.17) is 0 Å². The second-order valence-electron chi connectivity index (χ2n) is 7.20. The van der Waals surface area contributed by atoms with Crippen LogP contribution in [0.25, 0.3) is 0 Å². The highest BCUT2D eigenvalue weighted by Crippen LogP contribution is 2.38. The number of imide groups is 1. The van der Waals surface area contributed by atoms with Crippen molar-refractivity contribution in [3.63, 3.8) is 0 Å². The molecule has 1 aromatic rings. The van der Waals surface area contributed by atoms with E-state index < -0.39 is 5.54 Å². The van der Waals surface area contributed by atoms with Crippen LogP contribution in [-0.4, -0.2) is 40.5 Å². The van der Waals surface area contributed by atoms with Gasteiger partial charge in [-0.1, -0.05) is 38.8 Å². The van der Waals surface area contributed by atoms with Gasteiger partial charge in [-0.25, -0.2) is 14.1 Å². The molecule has 1 saturated heterocycles. The van der Waals surface area contributed by atoms with Gasteiger partial charge in [-0.15, -0.1) is 0 Å². The van der Waals surface area contributed by atoms with E-state index in [1.807, 2.05) is 24.8 Å². The lowest BCUT2D eigenvalue weighted by Crippen LogP contribution is -2.54. The number of nitrogens with one attached hydrogen (secondary N) is 1. The molecule has 2 fully saturated rings. The fraction of sp³-hybridized carbons (Fsp3) is 0.579. The van der Waals surface area contributed by atoms with Crippen molar-refractivity contribution in [3.8, 4) is 0 Å². The van der Waals surface area contributed by atoms with Gasteiger partial charge in [-0.2, -0.15) is 0 Å². The first-order valence-electron chi connectivity index (χ1n) is 9.07. The third-order valence-electron chi connectivity index (χ3n) is 5.59. The van der Waals surface area contributed by atoms with Crippen molar-refractivity contribution in [3.05, 3.63) is 35.6 Å². The Labute approximate surface area is 148 Å². The summed E-state index contributed by atoms with van der Waals surface area (Å²) in [5.41, 5.74) is 0.0998. The van der Waals surface area contributed by atoms with E-state index in [0.29, 0.717) is 19.5 Å². The second kappa shape index (κ2) is 7.12. The molecule has 5 nitrogen and oxygen atoms in total. The van der Waals surface area contributed by atoms with E-state index in [0.717, 1.165) is 24.8 Å². The van der Waals surface area contributed by atoms with Crippen LogP contribution in [0.5, 0.6) is 0 Å². The number of benzene rings is 1. The van der Waals surface area contributed by atoms with E-state index in [1.165, 1.54) is 17.0 Å². The van der Waals surface area contributed by atoms with Crippen LogP contribution in [0, 0.1) is 11.7 Å². The van der Waals surface area contributed by atoms with Gasteiger partial charge in [0.05, 0.1) is 6.67 Å². The normalized spacial score (nSPS) is 26.6. The molecule has 2 atom stereocenters. The van der Waals surface area contributed by atoms with E-state index in [9.17, 15) is 14.0 Å². The lowest BCUT2D eigenvalue weighted by Gasteiger charge is -2.37. The number of urea groups is 1. The summed E-state index contributed by atoms with van der Waals surface area (Å²) in [6.07, 6.45) is 3.74. The first-order chi connectivity index (χ1) is 12.0. The van der Waals surface area contributed by atoms with Crippen molar-refractivity contribution in [2.45, 2.75) is 51.6 Å². The van der Waals surface area contributed by atoms with Crippen molar-refractivity contribution < 1.29 is 14.0 Å². The highest BCUT2D eigenvalue weighted by Gasteiger charge is 2.54. The van der Waals surface area contributed by atoms with E-state index in [-0.39, 0.29) is 30.3 Å². The fourth-order valence-electron chi connectivity index (χ4n) is 3.98. The Kier molecular flexibility index (Phi) is 5.08. The summed E-state index contributed by atoms with van der Waals surface area (Å²) < 4.78 is 13.4. The molecule has 1 saturated carbocycles. The third-order valence-corrected chi connectivity index (χ3v) is 5.59. The minimum absolute atomic E-state index is 0.109. The lowest BCUT2D eigenvalue weighted by molar-refractivity contribution is -0.135. The third kappa shape index (κ3) is 3.40. The highest BCUT2D eigenvalue weighted by molar-refractivity contribution is 6.07. The summed E-state index contributed by atoms with van der Waals surface area (Å²) >= 11 is 0. The molecule has 25 heavy (non-hydrogen) atoms. The summed E-state index contributed by atoms with van der Waals surface area (Å²) in [5, 5.41) is 2.97. The van der Waals surface area contributed by atoms with E-state index >= 15 is 0 Å². The smallest absolute Gasteiger partial charge is 0.323 e. The molecule has 0 bridgehead atoms. The molecule has 3 amide bonds. The molecule has 6 heteroatoms. The summed E-state index contributed by atoms with van der Waals surface area (Å²) in [4.78, 5) is 28.8. The standard InChI is InChI=1S/C19H26FN3O2/c1-3-22(12-15-8-6-9-16(20)11-15)13-23-17(24)19(21-18(23)25)10-5-4-7-14(19)2/h6,8-9,11,14H,3-5,7,10,12-13H2,1-2H3,(H,21,25)/t14-,19+/m1/s1. The van der Waals surface area contributed by atoms with Gasteiger partial charge in [-0.05, 0) is 43.0 Å². The number of amides is 3. The molecule has 2 aliphatic rings. The van der Waals surface area contributed by atoms with Gasteiger partial charge >= 0.3 is 6.03 Å². The van der Waals surface area contributed by atoms with Crippen LogP contribution in [0.3, 0.4) is 0 Å². The second-order valence-corrected chi connectivity index (χ2v) is 7.20. The van der Waals surface area contributed by atoms with Crippen molar-refractivity contribution in [2.75, 3.05) is 13.2 Å². The first kappa shape index (κ1) is 17.9. The maximum atomic E-state index is 13.4. The molecule has 3 rings (SSSR count). The van der Waals surface area contributed by atoms with Crippen LogP contribution in [0.4, 0.5) is 9.18 Å². The number of carbonyl (C=O) groups excluding carboxylic acids is 2. The number of hydrogen-bond acceptors (Lipinski definition) is 3. The van der Waals surface area contributed by atoms with Gasteiger partial charge < -0.3 is 5.32 Å². The zero-order valence-electron chi connectivity index (χ0n) is 14.9. The van der Waals surface area contributed by atoms with Gasteiger partial charge in [-0.3, -0.25) is 9.69 Å². The summed E-state index contributed by atoms with van der Waals surface area (Å²) in [6.45, 7) is 5.40. The maximum absolute atomic E-state index is 13.4. The van der Waals surface area contributed by atoms with Crippen molar-refractivity contribution >= 4 is 11.9 Å². The lowest BCUT2D eigenvalue weighted by atomic mass is 9.73. The number of nitrogens with zero attached hydrogens (tertiary/aromatic N) is 2. The molecule has 136 valence electrons. The Morgan fingerprint density at radius 2 is 2.16 bits per heavy atom. The Morgan fingerprint density at radius 3 is 2.84 bits per heavy atom. The fourth-order valence-corrected chi connectivity index (χ4v) is 3.98. The number of halogens is 1. The van der Waals surface area contributed by atoms with Crippen LogP contribution in [0.15, 0.2) is 24.3 Å². The van der Waals surface area contributed by atoms with Gasteiger partial charge in [0.15, 0.2) is 0 Å². The molecular formula is C19H26FN3O2. The zero-order chi connectivity index (χ0) is 18.0. The minimum Gasteiger partial charge on any atom is -0.323 e. The number of rotatable bonds is 5. The Bertz CT molecular complexity index is 666. The van der Waals surface area contributed by atoms with Gasteiger partial charge in [0.2, 0.25) is 0 Å². The monoisotopic (exact) mass is 347 g/mol. The molecular weight excluding hydrogens is 321 g/mol. The van der Waals surface area contributed by atoms with Gasteiger partial charge in [0.1, 0.15) is 11.4 Å². The van der Waals surface area contributed by atoms with Crippen LogP contribution in [0.2, 0.25) is 0 Å². The zero-order valence-corrected chi connectivity index (χ0v) is 14.9. The molecule has 0 aromatic heterocycles. The molecule has 1 aliphatic heterocycles.